The molecule has 0 bridgehead atoms. The van der Waals surface area contributed by atoms with Crippen LogP contribution >= 0.6 is 0 Å². The summed E-state index contributed by atoms with van der Waals surface area (Å²) in [6.45, 7) is 7.35. The number of nitrogens with zero attached hydrogens (tertiary/aromatic N) is 2. The average Bonchev–Trinajstić information content (AvgIpc) is 2.61. The predicted molar refractivity (Wildman–Crippen MR) is 87.3 cm³/mol. The quantitative estimate of drug-likeness (QED) is 0.926. The molecular formula is C17H28FN3. The van der Waals surface area contributed by atoms with Crippen LogP contribution < -0.4 is 10.6 Å². The molecule has 1 aliphatic rings. The van der Waals surface area contributed by atoms with Gasteiger partial charge in [0.15, 0.2) is 0 Å². The van der Waals surface area contributed by atoms with Crippen molar-refractivity contribution in [1.29, 1.82) is 0 Å². The zero-order chi connectivity index (χ0) is 15.4. The maximum Gasteiger partial charge on any atom is 0.128 e. The first-order chi connectivity index (χ1) is 10.0. The molecule has 1 saturated heterocycles. The summed E-state index contributed by atoms with van der Waals surface area (Å²) in [6, 6.07) is 5.81. The van der Waals surface area contributed by atoms with Crippen molar-refractivity contribution in [2.45, 2.75) is 45.2 Å². The number of nitrogens with two attached hydrogens (primary N) is 1. The van der Waals surface area contributed by atoms with Crippen LogP contribution in [0.25, 0.3) is 0 Å². The average molecular weight is 293 g/mol. The summed E-state index contributed by atoms with van der Waals surface area (Å²) < 4.78 is 14.3. The van der Waals surface area contributed by atoms with Gasteiger partial charge in [-0.05, 0) is 51.9 Å². The van der Waals surface area contributed by atoms with E-state index in [2.05, 4.69) is 30.7 Å². The monoisotopic (exact) mass is 293 g/mol. The van der Waals surface area contributed by atoms with Crippen LogP contribution in [0.1, 0.15) is 32.3 Å². The Morgan fingerprint density at radius 3 is 2.86 bits per heavy atom. The van der Waals surface area contributed by atoms with Crippen LogP contribution in [0, 0.1) is 5.82 Å². The number of benzene rings is 1. The fourth-order valence-electron chi connectivity index (χ4n) is 3.16. The highest BCUT2D eigenvalue weighted by Crippen LogP contribution is 2.28. The number of hydrogen-bond donors (Lipinski definition) is 1. The second-order valence-electron chi connectivity index (χ2n) is 6.27. The van der Waals surface area contributed by atoms with Crippen LogP contribution in [-0.4, -0.2) is 43.7 Å². The van der Waals surface area contributed by atoms with E-state index in [1.807, 2.05) is 12.1 Å². The summed E-state index contributed by atoms with van der Waals surface area (Å²) in [5, 5.41) is 0. The Kier molecular flexibility index (Phi) is 5.59. The summed E-state index contributed by atoms with van der Waals surface area (Å²) in [6.07, 6.45) is 2.58. The molecule has 0 aliphatic carbocycles. The second kappa shape index (κ2) is 7.23. The number of likely N-dealkylation sites (N-methyl/N-ethyl adjacent to an activating group) is 1. The molecule has 2 atom stereocenters. The third-order valence-electron chi connectivity index (χ3n) is 4.44. The normalized spacial score (nSPS) is 22.1. The van der Waals surface area contributed by atoms with Crippen molar-refractivity contribution in [3.8, 4) is 0 Å². The molecule has 0 spiro atoms. The molecule has 2 rings (SSSR count). The molecule has 4 heteroatoms. The van der Waals surface area contributed by atoms with Crippen LogP contribution in [0.15, 0.2) is 18.2 Å². The van der Waals surface area contributed by atoms with Gasteiger partial charge in [0.1, 0.15) is 5.82 Å². The summed E-state index contributed by atoms with van der Waals surface area (Å²) >= 11 is 0. The van der Waals surface area contributed by atoms with Crippen molar-refractivity contribution in [3.63, 3.8) is 0 Å². The van der Waals surface area contributed by atoms with Crippen molar-refractivity contribution in [3.05, 3.63) is 29.6 Å². The second-order valence-corrected chi connectivity index (χ2v) is 6.27. The summed E-state index contributed by atoms with van der Waals surface area (Å²) in [5.74, 6) is -0.124. The van der Waals surface area contributed by atoms with Crippen LogP contribution in [0.4, 0.5) is 10.1 Å². The van der Waals surface area contributed by atoms with Crippen LogP contribution in [0.3, 0.4) is 0 Å². The van der Waals surface area contributed by atoms with Crippen molar-refractivity contribution < 1.29 is 4.39 Å². The number of anilines is 1. The largest absolute Gasteiger partial charge is 0.367 e. The summed E-state index contributed by atoms with van der Waals surface area (Å²) in [4.78, 5) is 4.70. The van der Waals surface area contributed by atoms with Gasteiger partial charge in [-0.15, -0.1) is 0 Å². The van der Waals surface area contributed by atoms with Gasteiger partial charge < -0.3 is 15.5 Å². The van der Waals surface area contributed by atoms with E-state index < -0.39 is 0 Å². The minimum absolute atomic E-state index is 0.0191. The third-order valence-corrected chi connectivity index (χ3v) is 4.44. The SMILES string of the molecule is CCC(N)Cc1c(F)cccc1N1CCCN(C)CC1C. The molecular weight excluding hydrogens is 265 g/mol. The third kappa shape index (κ3) is 3.95. The molecule has 1 aromatic carbocycles. The van der Waals surface area contributed by atoms with Crippen LogP contribution in [-0.2, 0) is 6.42 Å². The Morgan fingerprint density at radius 1 is 1.38 bits per heavy atom. The molecule has 0 radical (unpaired) electrons. The van der Waals surface area contributed by atoms with E-state index in [1.165, 1.54) is 0 Å². The van der Waals surface area contributed by atoms with E-state index in [-0.39, 0.29) is 11.9 Å². The van der Waals surface area contributed by atoms with E-state index in [1.54, 1.807) is 6.07 Å². The van der Waals surface area contributed by atoms with E-state index in [9.17, 15) is 4.39 Å². The van der Waals surface area contributed by atoms with E-state index >= 15 is 0 Å². The van der Waals surface area contributed by atoms with Crippen LogP contribution in [0.2, 0.25) is 0 Å². The van der Waals surface area contributed by atoms with Gasteiger partial charge in [0.25, 0.3) is 0 Å². The zero-order valence-electron chi connectivity index (χ0n) is 13.5. The first-order valence-electron chi connectivity index (χ1n) is 8.01. The zero-order valence-corrected chi connectivity index (χ0v) is 13.5. The Bertz CT molecular complexity index is 463. The van der Waals surface area contributed by atoms with Gasteiger partial charge in [0.2, 0.25) is 0 Å². The highest BCUT2D eigenvalue weighted by atomic mass is 19.1. The lowest BCUT2D eigenvalue weighted by Crippen LogP contribution is -2.39. The fraction of sp³-hybridized carbons (Fsp3) is 0.647. The van der Waals surface area contributed by atoms with Gasteiger partial charge in [-0.1, -0.05) is 13.0 Å². The smallest absolute Gasteiger partial charge is 0.128 e. The first-order valence-corrected chi connectivity index (χ1v) is 8.01. The topological polar surface area (TPSA) is 32.5 Å². The highest BCUT2D eigenvalue weighted by molar-refractivity contribution is 5.55. The number of hydrogen-bond acceptors (Lipinski definition) is 3. The molecule has 21 heavy (non-hydrogen) atoms. The molecule has 0 aromatic heterocycles. The maximum absolute atomic E-state index is 14.3. The van der Waals surface area contributed by atoms with Crippen molar-refractivity contribution in [2.75, 3.05) is 31.6 Å². The molecule has 1 fully saturated rings. The maximum atomic E-state index is 14.3. The van der Waals surface area contributed by atoms with Gasteiger partial charge in [-0.3, -0.25) is 0 Å². The standard InChI is InChI=1S/C17H28FN3/c1-4-14(19)11-15-16(18)7-5-8-17(15)21-10-6-9-20(3)12-13(21)2/h5,7-8,13-14H,4,6,9-12,19H2,1-3H3. The highest BCUT2D eigenvalue weighted by Gasteiger charge is 2.23. The molecule has 1 aliphatic heterocycles. The van der Waals surface area contributed by atoms with E-state index in [0.29, 0.717) is 12.5 Å². The molecule has 118 valence electrons. The minimum Gasteiger partial charge on any atom is -0.367 e. The van der Waals surface area contributed by atoms with Crippen molar-refractivity contribution in [2.24, 2.45) is 5.73 Å². The van der Waals surface area contributed by atoms with Gasteiger partial charge in [0, 0.05) is 36.4 Å². The van der Waals surface area contributed by atoms with Gasteiger partial charge in [0.05, 0.1) is 0 Å². The van der Waals surface area contributed by atoms with Crippen molar-refractivity contribution in [1.82, 2.24) is 4.90 Å². The molecule has 1 aromatic rings. The van der Waals surface area contributed by atoms with Crippen molar-refractivity contribution >= 4 is 5.69 Å². The minimum atomic E-state index is -0.124. The first kappa shape index (κ1) is 16.2. The lowest BCUT2D eigenvalue weighted by Gasteiger charge is -2.32. The predicted octanol–water partition coefficient (Wildman–Crippen LogP) is 2.64. The van der Waals surface area contributed by atoms with Gasteiger partial charge in [-0.2, -0.15) is 0 Å². The molecule has 3 nitrogen and oxygen atoms in total. The van der Waals surface area contributed by atoms with E-state index in [4.69, 9.17) is 5.73 Å². The molecule has 2 N–H and O–H groups in total. The lowest BCUT2D eigenvalue weighted by atomic mass is 10.0. The fourth-order valence-corrected chi connectivity index (χ4v) is 3.16. The number of halogens is 1. The Hall–Kier alpha value is -1.13. The molecule has 1 heterocycles. The van der Waals surface area contributed by atoms with E-state index in [0.717, 1.165) is 43.7 Å². The lowest BCUT2D eigenvalue weighted by molar-refractivity contribution is 0.337. The Balaban J connectivity index is 2.31. The van der Waals surface area contributed by atoms with Gasteiger partial charge >= 0.3 is 0 Å². The van der Waals surface area contributed by atoms with Crippen LogP contribution in [0.5, 0.6) is 0 Å². The summed E-state index contributed by atoms with van der Waals surface area (Å²) in [7, 11) is 2.15. The Morgan fingerprint density at radius 2 is 2.14 bits per heavy atom. The molecule has 0 saturated carbocycles. The Labute approximate surface area is 127 Å². The molecule has 0 amide bonds. The molecule has 2 unspecified atom stereocenters. The van der Waals surface area contributed by atoms with Gasteiger partial charge in [-0.25, -0.2) is 4.39 Å². The summed E-state index contributed by atoms with van der Waals surface area (Å²) in [5.41, 5.74) is 7.88. The number of rotatable bonds is 4.